The Morgan fingerprint density at radius 1 is 1.26 bits per heavy atom. The molecule has 0 aromatic rings. The molecule has 2 fully saturated rings. The molecule has 1 N–H and O–H groups in total. The summed E-state index contributed by atoms with van der Waals surface area (Å²) >= 11 is 0. The van der Waals surface area contributed by atoms with Crippen LogP contribution in [0.15, 0.2) is 0 Å². The van der Waals surface area contributed by atoms with Gasteiger partial charge in [0.15, 0.2) is 0 Å². The second-order valence-corrected chi connectivity index (χ2v) is 5.96. The molecule has 4 nitrogen and oxygen atoms in total. The van der Waals surface area contributed by atoms with Gasteiger partial charge in [-0.2, -0.15) is 5.26 Å². The van der Waals surface area contributed by atoms with Gasteiger partial charge in [-0.3, -0.25) is 9.69 Å². The van der Waals surface area contributed by atoms with Gasteiger partial charge in [-0.15, -0.1) is 0 Å². The van der Waals surface area contributed by atoms with Crippen LogP contribution < -0.4 is 5.32 Å². The minimum atomic E-state index is -0.238. The number of nitrogens with zero attached hydrogens (tertiary/aromatic N) is 2. The molecule has 0 spiro atoms. The van der Waals surface area contributed by atoms with Crippen LogP contribution in [0.5, 0.6) is 0 Å². The van der Waals surface area contributed by atoms with Crippen LogP contribution in [0.25, 0.3) is 0 Å². The second-order valence-electron chi connectivity index (χ2n) is 5.96. The Morgan fingerprint density at radius 3 is 2.58 bits per heavy atom. The molecule has 1 amide bonds. The van der Waals surface area contributed by atoms with Gasteiger partial charge in [-0.05, 0) is 26.2 Å². The highest BCUT2D eigenvalue weighted by Gasteiger charge is 2.34. The summed E-state index contributed by atoms with van der Waals surface area (Å²) < 4.78 is 0. The average molecular weight is 263 g/mol. The Morgan fingerprint density at radius 2 is 1.95 bits per heavy atom. The Bertz CT molecular complexity index is 342. The van der Waals surface area contributed by atoms with E-state index in [1.54, 1.807) is 0 Å². The summed E-state index contributed by atoms with van der Waals surface area (Å²) in [6.07, 6.45) is 8.83. The topological polar surface area (TPSA) is 56.1 Å². The van der Waals surface area contributed by atoms with Crippen LogP contribution in [0.2, 0.25) is 0 Å². The molecule has 4 heteroatoms. The van der Waals surface area contributed by atoms with E-state index in [-0.39, 0.29) is 18.0 Å². The molecule has 2 atom stereocenters. The lowest BCUT2D eigenvalue weighted by atomic mass is 10.0. The standard InChI is InChI=1S/C15H25N3O/c1-12-9-11-18(13-6-4-2-3-5-7-13)14(8-10-16)15(19)17-12/h12-14H,2-9,11H2,1H3,(H,17,19). The van der Waals surface area contributed by atoms with Crippen molar-refractivity contribution in [3.63, 3.8) is 0 Å². The molecular weight excluding hydrogens is 238 g/mol. The third-order valence-corrected chi connectivity index (χ3v) is 4.49. The zero-order valence-electron chi connectivity index (χ0n) is 11.9. The Hall–Kier alpha value is -1.08. The molecule has 106 valence electrons. The Labute approximate surface area is 116 Å². The van der Waals surface area contributed by atoms with Crippen molar-refractivity contribution >= 4 is 5.91 Å². The lowest BCUT2D eigenvalue weighted by Gasteiger charge is -2.34. The molecule has 2 unspecified atom stereocenters. The maximum atomic E-state index is 12.2. The van der Waals surface area contributed by atoms with E-state index in [9.17, 15) is 4.79 Å². The van der Waals surface area contributed by atoms with Gasteiger partial charge in [-0.25, -0.2) is 0 Å². The minimum absolute atomic E-state index is 0.0517. The Kier molecular flexibility index (Phi) is 5.21. The zero-order valence-corrected chi connectivity index (χ0v) is 11.9. The molecule has 0 bridgehead atoms. The predicted molar refractivity (Wildman–Crippen MR) is 74.4 cm³/mol. The van der Waals surface area contributed by atoms with Crippen molar-refractivity contribution in [2.24, 2.45) is 0 Å². The molecule has 1 saturated heterocycles. The second kappa shape index (κ2) is 6.91. The van der Waals surface area contributed by atoms with Gasteiger partial charge in [0.2, 0.25) is 5.91 Å². The van der Waals surface area contributed by atoms with Gasteiger partial charge in [0.05, 0.1) is 12.5 Å². The molecule has 19 heavy (non-hydrogen) atoms. The highest BCUT2D eigenvalue weighted by Crippen LogP contribution is 2.26. The average Bonchev–Trinajstić information content (AvgIpc) is 2.72. The quantitative estimate of drug-likeness (QED) is 0.777. The lowest BCUT2D eigenvalue weighted by molar-refractivity contribution is -0.126. The number of hydrogen-bond acceptors (Lipinski definition) is 3. The summed E-state index contributed by atoms with van der Waals surface area (Å²) in [7, 11) is 0. The summed E-state index contributed by atoms with van der Waals surface area (Å²) in [4.78, 5) is 14.6. The molecule has 2 aliphatic rings. The van der Waals surface area contributed by atoms with Crippen molar-refractivity contribution in [3.8, 4) is 6.07 Å². The van der Waals surface area contributed by atoms with Crippen LogP contribution in [0.3, 0.4) is 0 Å². The van der Waals surface area contributed by atoms with Gasteiger partial charge < -0.3 is 5.32 Å². The van der Waals surface area contributed by atoms with Crippen molar-refractivity contribution in [1.82, 2.24) is 10.2 Å². The fourth-order valence-corrected chi connectivity index (χ4v) is 3.38. The van der Waals surface area contributed by atoms with Crippen LogP contribution in [-0.4, -0.2) is 35.5 Å². The molecule has 2 rings (SSSR count). The predicted octanol–water partition coefficient (Wildman–Crippen LogP) is 2.20. The van der Waals surface area contributed by atoms with Gasteiger partial charge in [0.25, 0.3) is 0 Å². The fourth-order valence-electron chi connectivity index (χ4n) is 3.38. The molecule has 1 saturated carbocycles. The van der Waals surface area contributed by atoms with Gasteiger partial charge in [0.1, 0.15) is 6.04 Å². The number of nitriles is 1. The summed E-state index contributed by atoms with van der Waals surface area (Å²) in [6, 6.07) is 2.68. The van der Waals surface area contributed by atoms with E-state index in [2.05, 4.69) is 23.2 Å². The number of amides is 1. The van der Waals surface area contributed by atoms with Crippen molar-refractivity contribution in [1.29, 1.82) is 5.26 Å². The van der Waals surface area contributed by atoms with Crippen molar-refractivity contribution in [2.75, 3.05) is 6.54 Å². The van der Waals surface area contributed by atoms with Crippen LogP contribution in [0, 0.1) is 11.3 Å². The van der Waals surface area contributed by atoms with E-state index in [0.29, 0.717) is 12.5 Å². The van der Waals surface area contributed by atoms with Crippen molar-refractivity contribution in [2.45, 2.75) is 76.4 Å². The first kappa shape index (κ1) is 14.3. The fraction of sp³-hybridized carbons (Fsp3) is 0.867. The summed E-state index contributed by atoms with van der Waals surface area (Å²) in [5.74, 6) is 0.0517. The SMILES string of the molecule is CC1CCN(C2CCCCCC2)C(CC#N)C(=O)N1. The van der Waals surface area contributed by atoms with Gasteiger partial charge in [-0.1, -0.05) is 25.7 Å². The highest BCUT2D eigenvalue weighted by atomic mass is 16.2. The number of hydrogen-bond donors (Lipinski definition) is 1. The molecule has 0 radical (unpaired) electrons. The van der Waals surface area contributed by atoms with E-state index in [0.717, 1.165) is 13.0 Å². The van der Waals surface area contributed by atoms with Gasteiger partial charge >= 0.3 is 0 Å². The molecule has 0 aromatic carbocycles. The Balaban J connectivity index is 2.12. The summed E-state index contributed by atoms with van der Waals surface area (Å²) in [5.41, 5.74) is 0. The van der Waals surface area contributed by atoms with Crippen LogP contribution in [-0.2, 0) is 4.79 Å². The highest BCUT2D eigenvalue weighted by molar-refractivity contribution is 5.82. The van der Waals surface area contributed by atoms with E-state index >= 15 is 0 Å². The van der Waals surface area contributed by atoms with Gasteiger partial charge in [0, 0.05) is 18.6 Å². The number of carbonyl (C=O) groups excluding carboxylic acids is 1. The number of carbonyl (C=O) groups is 1. The monoisotopic (exact) mass is 263 g/mol. The molecule has 0 aromatic heterocycles. The van der Waals surface area contributed by atoms with E-state index in [4.69, 9.17) is 5.26 Å². The molecule has 1 heterocycles. The minimum Gasteiger partial charge on any atom is -0.352 e. The first-order valence-corrected chi connectivity index (χ1v) is 7.65. The van der Waals surface area contributed by atoms with E-state index in [1.165, 1.54) is 38.5 Å². The van der Waals surface area contributed by atoms with Crippen LogP contribution in [0.1, 0.15) is 58.3 Å². The normalized spacial score (nSPS) is 31.1. The van der Waals surface area contributed by atoms with Crippen LogP contribution in [0.4, 0.5) is 0 Å². The molecular formula is C15H25N3O. The van der Waals surface area contributed by atoms with Crippen LogP contribution >= 0.6 is 0 Å². The number of nitrogens with one attached hydrogen (secondary N) is 1. The first-order chi connectivity index (χ1) is 9.22. The maximum Gasteiger partial charge on any atom is 0.238 e. The third kappa shape index (κ3) is 3.70. The maximum absolute atomic E-state index is 12.2. The molecule has 1 aliphatic heterocycles. The van der Waals surface area contributed by atoms with Crippen molar-refractivity contribution in [3.05, 3.63) is 0 Å². The lowest BCUT2D eigenvalue weighted by Crippen LogP contribution is -2.49. The molecule has 1 aliphatic carbocycles. The number of rotatable bonds is 2. The third-order valence-electron chi connectivity index (χ3n) is 4.49. The first-order valence-electron chi connectivity index (χ1n) is 7.65. The largest absolute Gasteiger partial charge is 0.352 e. The summed E-state index contributed by atoms with van der Waals surface area (Å²) in [6.45, 7) is 2.99. The summed E-state index contributed by atoms with van der Waals surface area (Å²) in [5, 5.41) is 12.0. The van der Waals surface area contributed by atoms with Crippen molar-refractivity contribution < 1.29 is 4.79 Å². The van der Waals surface area contributed by atoms with E-state index in [1.807, 2.05) is 0 Å². The van der Waals surface area contributed by atoms with E-state index < -0.39 is 0 Å². The zero-order chi connectivity index (χ0) is 13.7. The smallest absolute Gasteiger partial charge is 0.238 e.